The molecule has 62 heavy (non-hydrogen) atoms. The van der Waals surface area contributed by atoms with Crippen LogP contribution in [-0.4, -0.2) is 128 Å². The lowest BCUT2D eigenvalue weighted by atomic mass is 9.78. The van der Waals surface area contributed by atoms with Crippen LogP contribution in [0.3, 0.4) is 0 Å². The lowest BCUT2D eigenvalue weighted by Crippen LogP contribution is -2.65. The molecule has 11 nitrogen and oxygen atoms in total. The standard InChI is InChI=1S/C49H64F2N6O5/c1-7-38-41(51)18-12-33-23-37(58)25-40(44(33)38)32-11-17-39-42(24-32)53-46(54-45(39)52-29-48(19-9-10-20-48)55(6)43(59)8-2)62-30-49(47(4,5)60)26-34(50)27-57(49)36-15-13-35(14-16-36)56-21-22-61-28-31(56)3/h1,8,12,18,23,25,31-32,34-36,58,60H,2,9-11,13-17,19-22,24,26-30H2,3-6H3,(H,52,53,54)/t31-,32-,34+,35?,36?,49-/m0/s1. The fourth-order valence-electron chi connectivity index (χ4n) is 11.8. The molecule has 13 heteroatoms. The van der Waals surface area contributed by atoms with E-state index in [0.717, 1.165) is 87.9 Å². The molecule has 3 heterocycles. The predicted octanol–water partition coefficient (Wildman–Crippen LogP) is 7.06. The third-order valence-electron chi connectivity index (χ3n) is 15.3. The average Bonchev–Trinajstić information content (AvgIpc) is 3.89. The van der Waals surface area contributed by atoms with E-state index >= 15 is 8.78 Å². The minimum absolute atomic E-state index is 0.0263. The van der Waals surface area contributed by atoms with Crippen LogP contribution in [0.1, 0.15) is 113 Å². The maximum absolute atomic E-state index is 15.9. The smallest absolute Gasteiger partial charge is 0.318 e. The Morgan fingerprint density at radius 1 is 1.18 bits per heavy atom. The molecule has 3 aliphatic carbocycles. The molecule has 8 rings (SSSR count). The molecule has 2 saturated heterocycles. The molecule has 4 fully saturated rings. The van der Waals surface area contributed by atoms with Gasteiger partial charge in [-0.25, -0.2) is 8.78 Å². The zero-order valence-electron chi connectivity index (χ0n) is 36.9. The summed E-state index contributed by atoms with van der Waals surface area (Å²) < 4.78 is 43.4. The Balaban J connectivity index is 1.12. The van der Waals surface area contributed by atoms with Crippen molar-refractivity contribution in [3.8, 4) is 24.1 Å². The van der Waals surface area contributed by atoms with Crippen LogP contribution in [0.15, 0.2) is 36.9 Å². The van der Waals surface area contributed by atoms with Gasteiger partial charge in [-0.2, -0.15) is 9.97 Å². The number of benzene rings is 2. The Morgan fingerprint density at radius 2 is 1.92 bits per heavy atom. The molecular formula is C49H64F2N6O5. The van der Waals surface area contributed by atoms with Gasteiger partial charge >= 0.3 is 6.01 Å². The number of anilines is 1. The summed E-state index contributed by atoms with van der Waals surface area (Å²) in [4.78, 5) is 29.6. The molecule has 334 valence electrons. The normalized spacial score (nSPS) is 28.0. The first-order valence-electron chi connectivity index (χ1n) is 22.7. The molecule has 4 atom stereocenters. The van der Waals surface area contributed by atoms with Crippen molar-refractivity contribution >= 4 is 22.5 Å². The summed E-state index contributed by atoms with van der Waals surface area (Å²) in [6.07, 6.45) is 15.3. The largest absolute Gasteiger partial charge is 0.508 e. The third-order valence-corrected chi connectivity index (χ3v) is 15.3. The molecule has 2 aliphatic heterocycles. The van der Waals surface area contributed by atoms with E-state index in [2.05, 4.69) is 34.5 Å². The quantitative estimate of drug-likeness (QED) is 0.129. The maximum atomic E-state index is 15.9. The highest BCUT2D eigenvalue weighted by molar-refractivity contribution is 5.93. The Labute approximate surface area is 365 Å². The van der Waals surface area contributed by atoms with Gasteiger partial charge in [0.1, 0.15) is 30.2 Å². The summed E-state index contributed by atoms with van der Waals surface area (Å²) >= 11 is 0. The molecule has 0 spiro atoms. The molecule has 5 aliphatic rings. The Morgan fingerprint density at radius 3 is 2.61 bits per heavy atom. The third kappa shape index (κ3) is 8.28. The number of nitrogens with one attached hydrogen (secondary N) is 1. The van der Waals surface area contributed by atoms with Gasteiger partial charge in [0.25, 0.3) is 0 Å². The number of phenolic OH excluding ortho intramolecular Hbond substituents is 1. The van der Waals surface area contributed by atoms with Crippen LogP contribution in [0.2, 0.25) is 0 Å². The molecule has 2 saturated carbocycles. The SMILES string of the molecule is C#Cc1c(F)ccc2cc(O)cc([C@H]3CCc4c(nc(OC[C@]5(C(C)(C)O)C[C@@H](F)CN5C5CCC(N6CCOC[C@@H]6C)CC5)nc4NCC4(N(C)C(=O)C=C)CCCC4)C3)c12. The Bertz CT molecular complexity index is 2190. The number of carbonyl (C=O) groups is 1. The van der Waals surface area contributed by atoms with Gasteiger partial charge in [-0.05, 0) is 120 Å². The number of rotatable bonds is 12. The van der Waals surface area contributed by atoms with E-state index in [1.54, 1.807) is 36.9 Å². The number of phenols is 1. The van der Waals surface area contributed by atoms with E-state index in [1.165, 1.54) is 12.1 Å². The molecule has 1 aromatic heterocycles. The number of likely N-dealkylation sites (tertiary alicyclic amines) is 1. The van der Waals surface area contributed by atoms with Crippen molar-refractivity contribution in [3.05, 3.63) is 65.1 Å². The van der Waals surface area contributed by atoms with Gasteiger partial charge in [0.15, 0.2) is 0 Å². The summed E-state index contributed by atoms with van der Waals surface area (Å²) in [6, 6.07) is 7.24. The van der Waals surface area contributed by atoms with Crippen molar-refractivity contribution in [2.45, 2.75) is 145 Å². The second-order valence-corrected chi connectivity index (χ2v) is 19.3. The number of aliphatic hydroxyl groups is 1. The van der Waals surface area contributed by atoms with Gasteiger partial charge in [-0.15, -0.1) is 6.42 Å². The average molecular weight is 855 g/mol. The first-order valence-corrected chi connectivity index (χ1v) is 22.7. The van der Waals surface area contributed by atoms with Crippen molar-refractivity contribution in [1.29, 1.82) is 0 Å². The van der Waals surface area contributed by atoms with Gasteiger partial charge in [-0.1, -0.05) is 31.4 Å². The second kappa shape index (κ2) is 17.7. The summed E-state index contributed by atoms with van der Waals surface area (Å²) in [5.74, 6) is 2.41. The highest BCUT2D eigenvalue weighted by Gasteiger charge is 2.58. The molecule has 1 amide bonds. The monoisotopic (exact) mass is 854 g/mol. The number of alkyl halides is 1. The summed E-state index contributed by atoms with van der Waals surface area (Å²) in [7, 11) is 1.83. The number of fused-ring (bicyclic) bond motifs is 2. The van der Waals surface area contributed by atoms with Gasteiger partial charge in [-0.3, -0.25) is 14.6 Å². The van der Waals surface area contributed by atoms with Crippen LogP contribution in [0.5, 0.6) is 11.8 Å². The lowest BCUT2D eigenvalue weighted by Gasteiger charge is -2.51. The van der Waals surface area contributed by atoms with Crippen LogP contribution in [-0.2, 0) is 22.4 Å². The summed E-state index contributed by atoms with van der Waals surface area (Å²) in [5.41, 5.74) is -0.267. The Kier molecular flexibility index (Phi) is 12.6. The summed E-state index contributed by atoms with van der Waals surface area (Å²) in [5, 5.41) is 27.8. The van der Waals surface area contributed by atoms with Crippen molar-refractivity contribution in [3.63, 3.8) is 0 Å². The molecular weight excluding hydrogens is 791 g/mol. The number of halogens is 2. The van der Waals surface area contributed by atoms with Crippen LogP contribution in [0.4, 0.5) is 14.6 Å². The topological polar surface area (TPSA) is 124 Å². The molecule has 0 radical (unpaired) electrons. The van der Waals surface area contributed by atoms with E-state index < -0.39 is 28.7 Å². The molecule has 0 unspecified atom stereocenters. The number of aromatic hydroxyl groups is 1. The summed E-state index contributed by atoms with van der Waals surface area (Å²) in [6.45, 7) is 12.5. The number of ether oxygens (including phenoxy) is 2. The number of nitrogens with zero attached hydrogens (tertiary/aromatic N) is 5. The number of aromatic nitrogens is 2. The number of morpholine rings is 1. The van der Waals surface area contributed by atoms with Gasteiger partial charge in [0.2, 0.25) is 5.91 Å². The number of likely N-dealkylation sites (N-methyl/N-ethyl adjacent to an activating group) is 1. The van der Waals surface area contributed by atoms with E-state index in [9.17, 15) is 15.0 Å². The van der Waals surface area contributed by atoms with Crippen molar-refractivity contribution in [2.24, 2.45) is 0 Å². The first-order chi connectivity index (χ1) is 29.7. The first kappa shape index (κ1) is 44.3. The lowest BCUT2D eigenvalue weighted by molar-refractivity contribution is -0.129. The minimum Gasteiger partial charge on any atom is -0.508 e. The number of amides is 1. The van der Waals surface area contributed by atoms with Crippen molar-refractivity contribution in [2.75, 3.05) is 51.8 Å². The number of terminal acetylenes is 1. The molecule has 3 aromatic rings. The van der Waals surface area contributed by atoms with Crippen LogP contribution < -0.4 is 10.1 Å². The zero-order valence-corrected chi connectivity index (χ0v) is 36.9. The van der Waals surface area contributed by atoms with Gasteiger partial charge < -0.3 is 29.9 Å². The van der Waals surface area contributed by atoms with E-state index in [4.69, 9.17) is 25.9 Å². The minimum atomic E-state index is -1.33. The van der Waals surface area contributed by atoms with Gasteiger partial charge in [0.05, 0.1) is 41.2 Å². The second-order valence-electron chi connectivity index (χ2n) is 19.3. The van der Waals surface area contributed by atoms with Crippen LogP contribution in [0, 0.1) is 18.2 Å². The molecule has 2 aromatic carbocycles. The van der Waals surface area contributed by atoms with Crippen LogP contribution >= 0.6 is 0 Å². The highest BCUT2D eigenvalue weighted by atomic mass is 19.1. The maximum Gasteiger partial charge on any atom is 0.318 e. The Hall–Kier alpha value is -4.35. The van der Waals surface area contributed by atoms with E-state index in [0.29, 0.717) is 54.5 Å². The number of hydrogen-bond acceptors (Lipinski definition) is 10. The predicted molar refractivity (Wildman–Crippen MR) is 237 cm³/mol. The van der Waals surface area contributed by atoms with Crippen LogP contribution in [0.25, 0.3) is 10.8 Å². The number of hydrogen-bond donors (Lipinski definition) is 3. The highest BCUT2D eigenvalue weighted by Crippen LogP contribution is 2.46. The van der Waals surface area contributed by atoms with Crippen molar-refractivity contribution < 1.29 is 33.3 Å². The zero-order chi connectivity index (χ0) is 44.0. The fraction of sp³-hybridized carbons (Fsp3) is 0.612. The molecule has 3 N–H and O–H groups in total. The van der Waals surface area contributed by atoms with Crippen molar-refractivity contribution in [1.82, 2.24) is 24.7 Å². The van der Waals surface area contributed by atoms with E-state index in [-0.39, 0.29) is 54.8 Å². The van der Waals surface area contributed by atoms with Gasteiger partial charge in [0, 0.05) is 62.2 Å². The molecule has 0 bridgehead atoms. The van der Waals surface area contributed by atoms with E-state index in [1.807, 2.05) is 7.05 Å². The number of carbonyl (C=O) groups excluding carboxylic acids is 1. The fourth-order valence-corrected chi connectivity index (χ4v) is 11.8.